The Bertz CT molecular complexity index is 569. The van der Waals surface area contributed by atoms with E-state index in [0.717, 1.165) is 5.30 Å². The fourth-order valence-corrected chi connectivity index (χ4v) is 6.75. The third-order valence-corrected chi connectivity index (χ3v) is 9.60. The van der Waals surface area contributed by atoms with Crippen LogP contribution in [0.3, 0.4) is 0 Å². The number of hydrogen-bond donors (Lipinski definition) is 1. The van der Waals surface area contributed by atoms with Crippen molar-refractivity contribution in [3.05, 3.63) is 29.8 Å². The van der Waals surface area contributed by atoms with Crippen molar-refractivity contribution in [3.63, 3.8) is 0 Å². The molecule has 2 rings (SSSR count). The maximum atomic E-state index is 11.4. The Hall–Kier alpha value is 0.130. The van der Waals surface area contributed by atoms with Crippen molar-refractivity contribution in [2.75, 3.05) is 24.6 Å². The Morgan fingerprint density at radius 2 is 1.72 bits per heavy atom. The predicted octanol–water partition coefficient (Wildman–Crippen LogP) is 1.59. The number of sulfone groups is 1. The molecule has 0 aliphatic carbocycles. The summed E-state index contributed by atoms with van der Waals surface area (Å²) in [5.74, 6) is 0.385. The summed E-state index contributed by atoms with van der Waals surface area (Å²) in [6.45, 7) is 3.02. The Labute approximate surface area is 119 Å². The zero-order chi connectivity index (χ0) is 13.4. The minimum Gasteiger partial charge on any atom is -0.262 e. The first-order valence-electron chi connectivity index (χ1n) is 5.67. The summed E-state index contributed by atoms with van der Waals surface area (Å²) in [5.41, 5.74) is 1.18. The molecule has 0 aromatic heterocycles. The summed E-state index contributed by atoms with van der Waals surface area (Å²) in [6, 6.07) is 8.05. The molecule has 0 amide bonds. The molecule has 1 fully saturated rings. The van der Waals surface area contributed by atoms with E-state index in [2.05, 4.69) is 16.9 Å². The van der Waals surface area contributed by atoms with Gasteiger partial charge in [0, 0.05) is 18.4 Å². The maximum Gasteiger partial charge on any atom is 0.152 e. The van der Waals surface area contributed by atoms with Crippen LogP contribution in [0.2, 0.25) is 0 Å². The minimum atomic E-state index is -2.87. The highest BCUT2D eigenvalue weighted by Gasteiger charge is 2.30. The summed E-state index contributed by atoms with van der Waals surface area (Å²) >= 11 is 10.3. The summed E-state index contributed by atoms with van der Waals surface area (Å²) in [5, 5.41) is -1.07. The van der Waals surface area contributed by atoms with Gasteiger partial charge in [-0.05, 0) is 6.92 Å². The van der Waals surface area contributed by atoms with Crippen molar-refractivity contribution in [3.8, 4) is 0 Å². The molecular formula is C11H16NO2PS3. The number of aryl methyl sites for hydroxylation is 1. The molecule has 0 N–H and O–H groups in total. The third kappa shape index (κ3) is 3.17. The van der Waals surface area contributed by atoms with Gasteiger partial charge in [0.2, 0.25) is 0 Å². The van der Waals surface area contributed by atoms with Gasteiger partial charge >= 0.3 is 0 Å². The Morgan fingerprint density at radius 1 is 1.22 bits per heavy atom. The molecule has 0 spiro atoms. The molecule has 1 saturated heterocycles. The number of benzene rings is 1. The minimum absolute atomic E-state index is 0.192. The molecule has 0 saturated carbocycles. The van der Waals surface area contributed by atoms with Crippen LogP contribution in [0.15, 0.2) is 24.3 Å². The smallest absolute Gasteiger partial charge is 0.152 e. The van der Waals surface area contributed by atoms with Crippen LogP contribution in [0.25, 0.3) is 0 Å². The average molecular weight is 321 g/mol. The van der Waals surface area contributed by atoms with Crippen molar-refractivity contribution in [1.82, 2.24) is 4.67 Å². The number of hydrogen-bond acceptors (Lipinski definition) is 3. The Balaban J connectivity index is 2.22. The van der Waals surface area contributed by atoms with Crippen LogP contribution < -0.4 is 5.30 Å². The van der Waals surface area contributed by atoms with Gasteiger partial charge in [-0.25, -0.2) is 8.42 Å². The van der Waals surface area contributed by atoms with E-state index in [1.807, 2.05) is 31.2 Å². The Morgan fingerprint density at radius 3 is 2.22 bits per heavy atom. The fraction of sp³-hybridized carbons (Fsp3) is 0.455. The number of rotatable bonds is 2. The molecule has 1 heterocycles. The topological polar surface area (TPSA) is 37.4 Å². The van der Waals surface area contributed by atoms with E-state index in [9.17, 15) is 8.42 Å². The van der Waals surface area contributed by atoms with Crippen LogP contribution in [0, 0.1) is 6.92 Å². The molecule has 1 atom stereocenters. The highest BCUT2D eigenvalue weighted by Crippen LogP contribution is 2.53. The van der Waals surface area contributed by atoms with E-state index < -0.39 is 15.2 Å². The van der Waals surface area contributed by atoms with Crippen LogP contribution in [0.1, 0.15) is 5.56 Å². The zero-order valence-electron chi connectivity index (χ0n) is 10.1. The van der Waals surface area contributed by atoms with Crippen molar-refractivity contribution < 1.29 is 8.42 Å². The highest BCUT2D eigenvalue weighted by molar-refractivity contribution is 8.65. The predicted molar refractivity (Wildman–Crippen MR) is 84.3 cm³/mol. The standard InChI is InChI=1S/C11H16NO2PS3/c1-10-2-4-11(5-3-10)15(16,17)12-6-8-18(13,14)9-7-12/h2-5H,6-9H2,1H3,(H,16,17). The van der Waals surface area contributed by atoms with Crippen LogP contribution in [0.5, 0.6) is 0 Å². The van der Waals surface area contributed by atoms with Crippen LogP contribution in [-0.2, 0) is 21.6 Å². The van der Waals surface area contributed by atoms with Crippen LogP contribution >= 0.6 is 17.6 Å². The van der Waals surface area contributed by atoms with Gasteiger partial charge in [-0.3, -0.25) is 4.67 Å². The highest BCUT2D eigenvalue weighted by atomic mass is 32.9. The molecule has 18 heavy (non-hydrogen) atoms. The normalized spacial score (nSPS) is 23.4. The second-order valence-corrected chi connectivity index (χ2v) is 13.1. The lowest BCUT2D eigenvalue weighted by Gasteiger charge is -2.34. The van der Waals surface area contributed by atoms with Gasteiger partial charge in [0.25, 0.3) is 0 Å². The molecule has 1 unspecified atom stereocenters. The SMILES string of the molecule is Cc1ccc(P(=S)(S)N2CCS(=O)(=O)CC2)cc1. The first-order chi connectivity index (χ1) is 8.31. The van der Waals surface area contributed by atoms with E-state index in [4.69, 9.17) is 11.8 Å². The molecule has 100 valence electrons. The first-order valence-corrected chi connectivity index (χ1v) is 11.4. The van der Waals surface area contributed by atoms with E-state index >= 15 is 0 Å². The molecule has 1 aromatic carbocycles. The molecule has 1 aliphatic rings. The Kier molecular flexibility index (Phi) is 4.24. The summed E-state index contributed by atoms with van der Waals surface area (Å²) in [4.78, 5) is 0. The second kappa shape index (κ2) is 5.25. The molecule has 7 heteroatoms. The molecule has 3 nitrogen and oxygen atoms in total. The van der Waals surface area contributed by atoms with Crippen molar-refractivity contribution in [2.45, 2.75) is 6.92 Å². The molecular weight excluding hydrogens is 305 g/mol. The second-order valence-electron chi connectivity index (χ2n) is 4.49. The van der Waals surface area contributed by atoms with Gasteiger partial charge in [0.05, 0.1) is 16.9 Å². The lowest BCUT2D eigenvalue weighted by atomic mass is 10.2. The maximum absolute atomic E-state index is 11.4. The van der Waals surface area contributed by atoms with Crippen molar-refractivity contribution >= 4 is 44.6 Å². The first kappa shape index (κ1) is 14.5. The van der Waals surface area contributed by atoms with E-state index in [1.54, 1.807) is 0 Å². The van der Waals surface area contributed by atoms with Gasteiger partial charge in [0.15, 0.2) is 9.84 Å². The van der Waals surface area contributed by atoms with Crippen LogP contribution in [0.4, 0.5) is 0 Å². The fourth-order valence-electron chi connectivity index (χ4n) is 1.88. The molecule has 1 aliphatic heterocycles. The largest absolute Gasteiger partial charge is 0.262 e. The monoisotopic (exact) mass is 321 g/mol. The third-order valence-electron chi connectivity index (χ3n) is 3.07. The van der Waals surface area contributed by atoms with Crippen LogP contribution in [-0.4, -0.2) is 37.7 Å². The molecule has 1 aromatic rings. The quantitative estimate of drug-likeness (QED) is 0.663. The van der Waals surface area contributed by atoms with E-state index in [1.165, 1.54) is 5.56 Å². The van der Waals surface area contributed by atoms with Crippen molar-refractivity contribution in [1.29, 1.82) is 0 Å². The van der Waals surface area contributed by atoms with E-state index in [0.29, 0.717) is 13.1 Å². The van der Waals surface area contributed by atoms with E-state index in [-0.39, 0.29) is 11.5 Å². The van der Waals surface area contributed by atoms with Gasteiger partial charge in [0.1, 0.15) is 0 Å². The van der Waals surface area contributed by atoms with Gasteiger partial charge < -0.3 is 0 Å². The summed E-state index contributed by atoms with van der Waals surface area (Å²) in [6.07, 6.45) is 0. The number of thiol groups is 1. The molecule has 0 bridgehead atoms. The lowest BCUT2D eigenvalue weighted by molar-refractivity contribution is 0.483. The van der Waals surface area contributed by atoms with Gasteiger partial charge in [-0.2, -0.15) is 0 Å². The number of nitrogens with zero attached hydrogens (tertiary/aromatic N) is 1. The van der Waals surface area contributed by atoms with Gasteiger partial charge in [-0.1, -0.05) is 41.6 Å². The van der Waals surface area contributed by atoms with Gasteiger partial charge in [-0.15, -0.1) is 12.2 Å². The summed E-state index contributed by atoms with van der Waals surface area (Å²) in [7, 11) is -2.87. The zero-order valence-corrected chi connectivity index (χ0v) is 13.5. The van der Waals surface area contributed by atoms with Crippen molar-refractivity contribution in [2.24, 2.45) is 0 Å². The lowest BCUT2D eigenvalue weighted by Crippen LogP contribution is -2.39. The molecule has 0 radical (unpaired) electrons. The average Bonchev–Trinajstić information content (AvgIpc) is 2.29. The summed E-state index contributed by atoms with van der Waals surface area (Å²) < 4.78 is 24.9.